The van der Waals surface area contributed by atoms with Gasteiger partial charge in [0.05, 0.1) is 5.69 Å². The van der Waals surface area contributed by atoms with Crippen LogP contribution in [0.25, 0.3) is 5.65 Å². The molecule has 1 saturated heterocycles. The van der Waals surface area contributed by atoms with Crippen molar-refractivity contribution in [2.24, 2.45) is 0 Å². The van der Waals surface area contributed by atoms with Crippen molar-refractivity contribution in [1.29, 1.82) is 0 Å². The summed E-state index contributed by atoms with van der Waals surface area (Å²) in [7, 11) is 0. The molecule has 0 N–H and O–H groups in total. The molecule has 4 heterocycles. The molecule has 0 unspecified atom stereocenters. The van der Waals surface area contributed by atoms with Crippen molar-refractivity contribution in [3.8, 4) is 0 Å². The van der Waals surface area contributed by atoms with E-state index in [1.165, 1.54) is 0 Å². The summed E-state index contributed by atoms with van der Waals surface area (Å²) < 4.78 is 1.96. The number of hydrogen-bond donors (Lipinski definition) is 0. The standard InChI is InChI=1S/C18H19N5O/c1-13-4-2-6-17-21-16(12-23(13)17)18(24)22-9-3-5-14(11-22)15-10-19-7-8-20-15/h2,4,6-8,10,12,14H,3,5,9,11H2,1H3/t14-/m0/s1. The predicted molar refractivity (Wildman–Crippen MR) is 89.8 cm³/mol. The quantitative estimate of drug-likeness (QED) is 0.727. The van der Waals surface area contributed by atoms with Gasteiger partial charge in [-0.05, 0) is 31.9 Å². The molecule has 0 bridgehead atoms. The van der Waals surface area contributed by atoms with Gasteiger partial charge in [-0.3, -0.25) is 14.8 Å². The third-order valence-electron chi connectivity index (χ3n) is 4.63. The summed E-state index contributed by atoms with van der Waals surface area (Å²) in [6.07, 6.45) is 9.02. The maximum Gasteiger partial charge on any atom is 0.274 e. The fraction of sp³-hybridized carbons (Fsp3) is 0.333. The summed E-state index contributed by atoms with van der Waals surface area (Å²) in [6, 6.07) is 5.88. The van der Waals surface area contributed by atoms with Gasteiger partial charge < -0.3 is 9.30 Å². The number of pyridine rings is 1. The highest BCUT2D eigenvalue weighted by Crippen LogP contribution is 2.26. The maximum atomic E-state index is 12.9. The minimum atomic E-state index is -0.00769. The Morgan fingerprint density at radius 1 is 1.29 bits per heavy atom. The fourth-order valence-electron chi connectivity index (χ4n) is 3.34. The monoisotopic (exact) mass is 321 g/mol. The topological polar surface area (TPSA) is 63.4 Å². The number of hydrogen-bond acceptors (Lipinski definition) is 4. The number of likely N-dealkylation sites (tertiary alicyclic amines) is 1. The number of piperidine rings is 1. The Hall–Kier alpha value is -2.76. The summed E-state index contributed by atoms with van der Waals surface area (Å²) in [5.41, 5.74) is 3.33. The van der Waals surface area contributed by atoms with E-state index >= 15 is 0 Å². The van der Waals surface area contributed by atoms with E-state index in [0.717, 1.165) is 36.4 Å². The SMILES string of the molecule is Cc1cccc2nc(C(=O)N3CCC[C@H](c4cnccn4)C3)cn12. The molecule has 1 fully saturated rings. The third kappa shape index (κ3) is 2.64. The normalized spacial score (nSPS) is 18.0. The first kappa shape index (κ1) is 14.8. The predicted octanol–water partition coefficient (Wildman–Crippen LogP) is 2.45. The van der Waals surface area contributed by atoms with Gasteiger partial charge in [0.15, 0.2) is 0 Å². The maximum absolute atomic E-state index is 12.9. The van der Waals surface area contributed by atoms with Crippen molar-refractivity contribution in [3.63, 3.8) is 0 Å². The Morgan fingerprint density at radius 2 is 2.21 bits per heavy atom. The Balaban J connectivity index is 1.58. The van der Waals surface area contributed by atoms with Gasteiger partial charge in [-0.15, -0.1) is 0 Å². The Morgan fingerprint density at radius 3 is 3.00 bits per heavy atom. The lowest BCUT2D eigenvalue weighted by molar-refractivity contribution is 0.0700. The Labute approximate surface area is 140 Å². The molecule has 6 nitrogen and oxygen atoms in total. The Bertz CT molecular complexity index is 874. The number of nitrogens with zero attached hydrogens (tertiary/aromatic N) is 5. The first-order valence-electron chi connectivity index (χ1n) is 8.22. The fourth-order valence-corrected chi connectivity index (χ4v) is 3.34. The van der Waals surface area contributed by atoms with E-state index in [-0.39, 0.29) is 11.8 Å². The van der Waals surface area contributed by atoms with E-state index in [4.69, 9.17) is 0 Å². The van der Waals surface area contributed by atoms with Gasteiger partial charge in [0.25, 0.3) is 5.91 Å². The van der Waals surface area contributed by atoms with Gasteiger partial charge in [-0.1, -0.05) is 6.07 Å². The number of carbonyl (C=O) groups excluding carboxylic acids is 1. The van der Waals surface area contributed by atoms with Crippen LogP contribution in [0.5, 0.6) is 0 Å². The van der Waals surface area contributed by atoms with Gasteiger partial charge in [0, 0.05) is 49.5 Å². The molecule has 3 aromatic rings. The lowest BCUT2D eigenvalue weighted by Crippen LogP contribution is -2.39. The van der Waals surface area contributed by atoms with Gasteiger partial charge in [-0.25, -0.2) is 4.98 Å². The molecule has 6 heteroatoms. The van der Waals surface area contributed by atoms with Crippen molar-refractivity contribution in [3.05, 3.63) is 60.1 Å². The minimum absolute atomic E-state index is 0.00769. The molecule has 1 aliphatic heterocycles. The zero-order chi connectivity index (χ0) is 16.5. The number of carbonyl (C=O) groups is 1. The molecule has 0 spiro atoms. The number of imidazole rings is 1. The molecule has 4 rings (SSSR count). The molecule has 122 valence electrons. The van der Waals surface area contributed by atoms with Crippen molar-refractivity contribution < 1.29 is 4.79 Å². The number of fused-ring (bicyclic) bond motifs is 1. The van der Waals surface area contributed by atoms with E-state index in [1.807, 2.05) is 40.6 Å². The molecule has 1 amide bonds. The molecule has 0 aromatic carbocycles. The van der Waals surface area contributed by atoms with Crippen LogP contribution >= 0.6 is 0 Å². The summed E-state index contributed by atoms with van der Waals surface area (Å²) in [6.45, 7) is 3.45. The first-order valence-corrected chi connectivity index (χ1v) is 8.22. The second-order valence-electron chi connectivity index (χ2n) is 6.24. The number of amides is 1. The van der Waals surface area contributed by atoms with Gasteiger partial charge in [0.1, 0.15) is 11.3 Å². The number of aryl methyl sites for hydroxylation is 1. The van der Waals surface area contributed by atoms with Crippen LogP contribution in [0.1, 0.15) is 40.6 Å². The lowest BCUT2D eigenvalue weighted by atomic mass is 9.95. The van der Waals surface area contributed by atoms with Gasteiger partial charge in [-0.2, -0.15) is 0 Å². The largest absolute Gasteiger partial charge is 0.337 e. The van der Waals surface area contributed by atoms with Crippen LogP contribution in [-0.4, -0.2) is 43.2 Å². The molecule has 0 saturated carbocycles. The van der Waals surface area contributed by atoms with Crippen LogP contribution < -0.4 is 0 Å². The van der Waals surface area contributed by atoms with Crippen molar-refractivity contribution >= 4 is 11.6 Å². The van der Waals surface area contributed by atoms with Crippen LogP contribution in [-0.2, 0) is 0 Å². The van der Waals surface area contributed by atoms with E-state index in [2.05, 4.69) is 15.0 Å². The molecule has 1 aliphatic rings. The highest BCUT2D eigenvalue weighted by molar-refractivity contribution is 5.93. The van der Waals surface area contributed by atoms with Crippen LogP contribution in [0.2, 0.25) is 0 Å². The molecule has 24 heavy (non-hydrogen) atoms. The van der Waals surface area contributed by atoms with Crippen molar-refractivity contribution in [2.45, 2.75) is 25.7 Å². The Kier molecular flexibility index (Phi) is 3.72. The molecule has 0 radical (unpaired) electrons. The highest BCUT2D eigenvalue weighted by atomic mass is 16.2. The molecular formula is C18H19N5O. The highest BCUT2D eigenvalue weighted by Gasteiger charge is 2.27. The second-order valence-corrected chi connectivity index (χ2v) is 6.24. The summed E-state index contributed by atoms with van der Waals surface area (Å²) in [5.74, 6) is 0.238. The smallest absolute Gasteiger partial charge is 0.274 e. The van der Waals surface area contributed by atoms with Crippen LogP contribution in [0.4, 0.5) is 0 Å². The third-order valence-corrected chi connectivity index (χ3v) is 4.63. The van der Waals surface area contributed by atoms with E-state index in [9.17, 15) is 4.79 Å². The van der Waals surface area contributed by atoms with Gasteiger partial charge in [0.2, 0.25) is 0 Å². The first-order chi connectivity index (χ1) is 11.7. The number of rotatable bonds is 2. The van der Waals surface area contributed by atoms with Crippen LogP contribution in [0.3, 0.4) is 0 Å². The van der Waals surface area contributed by atoms with E-state index in [0.29, 0.717) is 12.2 Å². The summed E-state index contributed by atoms with van der Waals surface area (Å²) >= 11 is 0. The average molecular weight is 321 g/mol. The zero-order valence-corrected chi connectivity index (χ0v) is 13.6. The molecule has 3 aromatic heterocycles. The van der Waals surface area contributed by atoms with Gasteiger partial charge >= 0.3 is 0 Å². The van der Waals surface area contributed by atoms with Crippen molar-refractivity contribution in [1.82, 2.24) is 24.3 Å². The summed E-state index contributed by atoms with van der Waals surface area (Å²) in [4.78, 5) is 27.8. The number of aromatic nitrogens is 4. The zero-order valence-electron chi connectivity index (χ0n) is 13.6. The minimum Gasteiger partial charge on any atom is -0.337 e. The van der Waals surface area contributed by atoms with Crippen molar-refractivity contribution in [2.75, 3.05) is 13.1 Å². The molecular weight excluding hydrogens is 302 g/mol. The van der Waals surface area contributed by atoms with Crippen LogP contribution in [0.15, 0.2) is 43.0 Å². The van der Waals surface area contributed by atoms with E-state index in [1.54, 1.807) is 18.6 Å². The van der Waals surface area contributed by atoms with Crippen LogP contribution in [0, 0.1) is 6.92 Å². The summed E-state index contributed by atoms with van der Waals surface area (Å²) in [5, 5.41) is 0. The average Bonchev–Trinajstić information content (AvgIpc) is 3.08. The van der Waals surface area contributed by atoms with E-state index < -0.39 is 0 Å². The molecule has 0 aliphatic carbocycles. The lowest BCUT2D eigenvalue weighted by Gasteiger charge is -2.31. The molecule has 1 atom stereocenters. The second kappa shape index (κ2) is 6.03.